The van der Waals surface area contributed by atoms with Gasteiger partial charge in [0.2, 0.25) is 5.91 Å². The van der Waals surface area contributed by atoms with Crippen LogP contribution in [0.3, 0.4) is 0 Å². The standard InChI is InChI=1S/C44H89N2O6P/c1-6-8-10-12-14-16-18-20-21-22-23-24-26-28-30-32-34-36-38-44(48)45-42(41-52-53(49,50)51-40-39-46(3,4)5)43(47)37-35-33-31-29-27-25-19-17-15-13-11-9-7-2/h35,37,42-43,47H,6-34,36,38-41H2,1-5H3,(H-,45,48,49,50)/p+1/b37-35+/t42-,43+/m1/s1. The van der Waals surface area contributed by atoms with Crippen molar-refractivity contribution in [3.8, 4) is 0 Å². The van der Waals surface area contributed by atoms with Crippen molar-refractivity contribution >= 4 is 13.7 Å². The molecule has 3 N–H and O–H groups in total. The summed E-state index contributed by atoms with van der Waals surface area (Å²) >= 11 is 0. The predicted molar refractivity (Wildman–Crippen MR) is 226 cm³/mol. The van der Waals surface area contributed by atoms with Gasteiger partial charge in [-0.3, -0.25) is 13.8 Å². The van der Waals surface area contributed by atoms with E-state index in [1.807, 2.05) is 27.2 Å². The molecular weight excluding hydrogens is 683 g/mol. The Morgan fingerprint density at radius 1 is 0.623 bits per heavy atom. The quantitative estimate of drug-likeness (QED) is 0.0247. The van der Waals surface area contributed by atoms with E-state index in [1.165, 1.54) is 154 Å². The number of hydrogen-bond acceptors (Lipinski definition) is 5. The van der Waals surface area contributed by atoms with Crippen LogP contribution in [0, 0.1) is 0 Å². The summed E-state index contributed by atoms with van der Waals surface area (Å²) in [6, 6.07) is -0.839. The maximum Gasteiger partial charge on any atom is 0.472 e. The number of unbranched alkanes of at least 4 members (excludes halogenated alkanes) is 28. The number of quaternary nitrogens is 1. The molecule has 0 aromatic carbocycles. The first-order chi connectivity index (χ1) is 25.5. The molecule has 0 bridgehead atoms. The van der Waals surface area contributed by atoms with Gasteiger partial charge in [-0.1, -0.05) is 199 Å². The Bertz CT molecular complexity index is 880. The lowest BCUT2D eigenvalue weighted by Gasteiger charge is -2.25. The van der Waals surface area contributed by atoms with Gasteiger partial charge < -0.3 is 19.8 Å². The highest BCUT2D eigenvalue weighted by Gasteiger charge is 2.27. The lowest BCUT2D eigenvalue weighted by atomic mass is 10.0. The van der Waals surface area contributed by atoms with Crippen molar-refractivity contribution in [1.82, 2.24) is 5.32 Å². The van der Waals surface area contributed by atoms with E-state index in [-0.39, 0.29) is 19.1 Å². The molecule has 0 heterocycles. The molecule has 0 rings (SSSR count). The van der Waals surface area contributed by atoms with Crippen LogP contribution >= 0.6 is 7.82 Å². The van der Waals surface area contributed by atoms with E-state index in [9.17, 15) is 19.4 Å². The average molecular weight is 774 g/mol. The van der Waals surface area contributed by atoms with Crippen molar-refractivity contribution in [2.24, 2.45) is 0 Å². The summed E-state index contributed by atoms with van der Waals surface area (Å²) in [4.78, 5) is 23.1. The summed E-state index contributed by atoms with van der Waals surface area (Å²) in [5.41, 5.74) is 0. The second kappa shape index (κ2) is 36.9. The fraction of sp³-hybridized carbons (Fsp3) is 0.932. The second-order valence-corrected chi connectivity index (χ2v) is 18.2. The first-order valence-electron chi connectivity index (χ1n) is 22.6. The summed E-state index contributed by atoms with van der Waals surface area (Å²) in [6.45, 7) is 4.82. The Hall–Kier alpha value is -0.760. The molecule has 0 spiro atoms. The third kappa shape index (κ3) is 39.3. The van der Waals surface area contributed by atoms with Crippen LogP contribution in [0.25, 0.3) is 0 Å². The van der Waals surface area contributed by atoms with Crippen molar-refractivity contribution in [3.63, 3.8) is 0 Å². The van der Waals surface area contributed by atoms with Crippen molar-refractivity contribution in [1.29, 1.82) is 0 Å². The van der Waals surface area contributed by atoms with E-state index < -0.39 is 20.0 Å². The van der Waals surface area contributed by atoms with E-state index in [1.54, 1.807) is 6.08 Å². The molecule has 0 saturated carbocycles. The van der Waals surface area contributed by atoms with Gasteiger partial charge >= 0.3 is 7.82 Å². The highest BCUT2D eigenvalue weighted by molar-refractivity contribution is 7.47. The molecule has 0 aliphatic heterocycles. The van der Waals surface area contributed by atoms with Gasteiger partial charge in [0.05, 0.1) is 39.9 Å². The second-order valence-electron chi connectivity index (χ2n) is 16.8. The maximum atomic E-state index is 12.9. The Kier molecular flexibility index (Phi) is 36.3. The van der Waals surface area contributed by atoms with E-state index in [2.05, 4.69) is 19.2 Å². The largest absolute Gasteiger partial charge is 0.472 e. The van der Waals surface area contributed by atoms with Crippen LogP contribution in [0.15, 0.2) is 12.2 Å². The van der Waals surface area contributed by atoms with Crippen LogP contribution < -0.4 is 5.32 Å². The number of hydrogen-bond donors (Lipinski definition) is 3. The molecule has 0 radical (unpaired) electrons. The highest BCUT2D eigenvalue weighted by atomic mass is 31.2. The van der Waals surface area contributed by atoms with Crippen LogP contribution in [0.4, 0.5) is 0 Å². The molecule has 8 nitrogen and oxygen atoms in total. The SMILES string of the molecule is CCCCCCCCCCCCC/C=C/[C@H](O)[C@@H](COP(=O)(O)OCC[N+](C)(C)C)NC(=O)CCCCCCCCCCCCCCCCCCCC. The topological polar surface area (TPSA) is 105 Å². The molecule has 0 aromatic rings. The molecular formula is C44H90N2O6P+. The van der Waals surface area contributed by atoms with Crippen LogP contribution in [0.2, 0.25) is 0 Å². The number of nitrogens with zero attached hydrogens (tertiary/aromatic N) is 1. The molecule has 1 amide bonds. The van der Waals surface area contributed by atoms with Crippen LogP contribution in [-0.4, -0.2) is 73.4 Å². The summed E-state index contributed by atoms with van der Waals surface area (Å²) in [5, 5.41) is 13.8. The smallest absolute Gasteiger partial charge is 0.387 e. The normalized spacial score (nSPS) is 14.5. The molecule has 53 heavy (non-hydrogen) atoms. The van der Waals surface area contributed by atoms with Gasteiger partial charge in [0.1, 0.15) is 13.2 Å². The first-order valence-corrected chi connectivity index (χ1v) is 24.1. The van der Waals surface area contributed by atoms with Gasteiger partial charge in [-0.05, 0) is 19.3 Å². The third-order valence-corrected chi connectivity index (χ3v) is 11.2. The molecule has 9 heteroatoms. The summed E-state index contributed by atoms with van der Waals surface area (Å²) in [5.74, 6) is -0.174. The van der Waals surface area contributed by atoms with Crippen molar-refractivity contribution in [2.75, 3.05) is 40.9 Å². The van der Waals surface area contributed by atoms with Gasteiger partial charge in [-0.15, -0.1) is 0 Å². The number of carbonyl (C=O) groups excluding carboxylic acids is 1. The third-order valence-electron chi connectivity index (χ3n) is 10.3. The number of nitrogens with one attached hydrogen (secondary N) is 1. The molecule has 1 unspecified atom stereocenters. The first kappa shape index (κ1) is 52.2. The monoisotopic (exact) mass is 774 g/mol. The Morgan fingerprint density at radius 2 is 1.00 bits per heavy atom. The van der Waals surface area contributed by atoms with Gasteiger partial charge in [-0.25, -0.2) is 4.57 Å². The van der Waals surface area contributed by atoms with Crippen LogP contribution in [0.5, 0.6) is 0 Å². The number of phosphoric acid groups is 1. The van der Waals surface area contributed by atoms with E-state index >= 15 is 0 Å². The maximum absolute atomic E-state index is 12.9. The zero-order valence-corrected chi connectivity index (χ0v) is 36.7. The van der Waals surface area contributed by atoms with Crippen LogP contribution in [0.1, 0.15) is 213 Å². The average Bonchev–Trinajstić information content (AvgIpc) is 3.10. The number of aliphatic hydroxyl groups is 1. The van der Waals surface area contributed by atoms with E-state index in [0.29, 0.717) is 17.4 Å². The Morgan fingerprint density at radius 3 is 1.40 bits per heavy atom. The number of rotatable bonds is 41. The number of phosphoric ester groups is 1. The van der Waals surface area contributed by atoms with Gasteiger partial charge in [0, 0.05) is 6.42 Å². The highest BCUT2D eigenvalue weighted by Crippen LogP contribution is 2.43. The molecule has 0 fully saturated rings. The lowest BCUT2D eigenvalue weighted by Crippen LogP contribution is -2.45. The molecule has 0 aliphatic carbocycles. The van der Waals surface area contributed by atoms with Crippen LogP contribution in [-0.2, 0) is 18.4 Å². The molecule has 316 valence electrons. The zero-order chi connectivity index (χ0) is 39.3. The fourth-order valence-corrected chi connectivity index (χ4v) is 7.37. The minimum Gasteiger partial charge on any atom is -0.387 e. The zero-order valence-electron chi connectivity index (χ0n) is 35.8. The minimum absolute atomic E-state index is 0.0646. The summed E-state index contributed by atoms with van der Waals surface area (Å²) < 4.78 is 23.5. The predicted octanol–water partition coefficient (Wildman–Crippen LogP) is 12.4. The van der Waals surface area contributed by atoms with Crippen molar-refractivity contribution in [2.45, 2.75) is 225 Å². The van der Waals surface area contributed by atoms with Gasteiger partial charge in [-0.2, -0.15) is 0 Å². The summed E-state index contributed by atoms with van der Waals surface area (Å²) in [6.07, 6.45) is 41.3. The molecule has 0 saturated heterocycles. The van der Waals surface area contributed by atoms with Crippen molar-refractivity contribution in [3.05, 3.63) is 12.2 Å². The number of carbonyl (C=O) groups is 1. The van der Waals surface area contributed by atoms with Gasteiger partial charge in [0.25, 0.3) is 0 Å². The summed E-state index contributed by atoms with van der Waals surface area (Å²) in [7, 11) is 1.58. The lowest BCUT2D eigenvalue weighted by molar-refractivity contribution is -0.870. The van der Waals surface area contributed by atoms with E-state index in [0.717, 1.165) is 38.5 Å². The number of aliphatic hydroxyl groups excluding tert-OH is 1. The van der Waals surface area contributed by atoms with Crippen molar-refractivity contribution < 1.29 is 32.9 Å². The molecule has 3 atom stereocenters. The molecule has 0 aliphatic rings. The van der Waals surface area contributed by atoms with E-state index in [4.69, 9.17) is 9.05 Å². The fourth-order valence-electron chi connectivity index (χ4n) is 6.63. The Balaban J connectivity index is 4.35. The van der Waals surface area contributed by atoms with Gasteiger partial charge in [0.15, 0.2) is 0 Å². The Labute approximate surface area is 329 Å². The molecule has 0 aromatic heterocycles. The number of allylic oxidation sites excluding steroid dienone is 1. The number of likely N-dealkylation sites (N-methyl/N-ethyl adjacent to an activating group) is 1. The number of amides is 1. The minimum atomic E-state index is -4.33.